The number of rotatable bonds is 6. The number of hydrogen-bond donors (Lipinski definition) is 1. The molecule has 1 atom stereocenters. The number of thiophene rings is 1. The summed E-state index contributed by atoms with van der Waals surface area (Å²) >= 11 is 7.94. The first-order valence-corrected chi connectivity index (χ1v) is 8.77. The summed E-state index contributed by atoms with van der Waals surface area (Å²) in [5, 5.41) is 5.17. The van der Waals surface area contributed by atoms with Crippen molar-refractivity contribution in [3.05, 3.63) is 51.2 Å². The summed E-state index contributed by atoms with van der Waals surface area (Å²) in [5.74, 6) is 0. The largest absolute Gasteiger partial charge is 0.364 e. The lowest BCUT2D eigenvalue weighted by Gasteiger charge is -2.27. The summed E-state index contributed by atoms with van der Waals surface area (Å²) in [7, 11) is 0. The number of halogens is 1. The SMILES string of the molecule is CC(N)Cc1cc(Cl)ccc1N(Cc1ccsc1)C1CC1. The van der Waals surface area contributed by atoms with E-state index in [9.17, 15) is 0 Å². The van der Waals surface area contributed by atoms with E-state index in [-0.39, 0.29) is 6.04 Å². The number of hydrogen-bond acceptors (Lipinski definition) is 3. The Labute approximate surface area is 135 Å². The molecular weight excluding hydrogens is 300 g/mol. The van der Waals surface area contributed by atoms with Crippen molar-refractivity contribution in [2.75, 3.05) is 4.90 Å². The average Bonchev–Trinajstić information content (AvgIpc) is 3.14. The van der Waals surface area contributed by atoms with Crippen molar-refractivity contribution in [1.82, 2.24) is 0 Å². The molecule has 2 nitrogen and oxygen atoms in total. The van der Waals surface area contributed by atoms with E-state index in [1.807, 2.05) is 13.0 Å². The van der Waals surface area contributed by atoms with Gasteiger partial charge in [-0.2, -0.15) is 11.3 Å². The normalized spacial score (nSPS) is 16.0. The molecule has 112 valence electrons. The molecule has 3 rings (SSSR count). The second kappa shape index (κ2) is 6.39. The molecule has 2 N–H and O–H groups in total. The highest BCUT2D eigenvalue weighted by molar-refractivity contribution is 7.07. The van der Waals surface area contributed by atoms with Gasteiger partial charge in [0.15, 0.2) is 0 Å². The van der Waals surface area contributed by atoms with Crippen LogP contribution in [-0.4, -0.2) is 12.1 Å². The van der Waals surface area contributed by atoms with Crippen LogP contribution >= 0.6 is 22.9 Å². The molecule has 1 aliphatic rings. The third-order valence-corrected chi connectivity index (χ3v) is 4.78. The lowest BCUT2D eigenvalue weighted by Crippen LogP contribution is -2.27. The van der Waals surface area contributed by atoms with Crippen molar-refractivity contribution in [1.29, 1.82) is 0 Å². The molecule has 1 heterocycles. The molecule has 1 aliphatic carbocycles. The van der Waals surface area contributed by atoms with Crippen molar-refractivity contribution in [2.45, 2.75) is 44.8 Å². The van der Waals surface area contributed by atoms with Gasteiger partial charge in [0.2, 0.25) is 0 Å². The van der Waals surface area contributed by atoms with Crippen LogP contribution in [0.2, 0.25) is 5.02 Å². The van der Waals surface area contributed by atoms with E-state index in [4.69, 9.17) is 17.3 Å². The van der Waals surface area contributed by atoms with Gasteiger partial charge in [-0.05, 0) is 72.3 Å². The van der Waals surface area contributed by atoms with Crippen LogP contribution in [0.1, 0.15) is 30.9 Å². The van der Waals surface area contributed by atoms with Gasteiger partial charge in [0.1, 0.15) is 0 Å². The molecule has 2 aromatic rings. The van der Waals surface area contributed by atoms with Gasteiger partial charge >= 0.3 is 0 Å². The third kappa shape index (κ3) is 3.79. The minimum Gasteiger partial charge on any atom is -0.364 e. The van der Waals surface area contributed by atoms with E-state index < -0.39 is 0 Å². The summed E-state index contributed by atoms with van der Waals surface area (Å²) in [5.41, 5.74) is 9.95. The molecule has 4 heteroatoms. The fraction of sp³-hybridized carbons (Fsp3) is 0.412. The van der Waals surface area contributed by atoms with Crippen molar-refractivity contribution in [3.8, 4) is 0 Å². The molecule has 1 unspecified atom stereocenters. The Bertz CT molecular complexity index is 591. The van der Waals surface area contributed by atoms with Crippen molar-refractivity contribution in [2.24, 2.45) is 5.73 Å². The van der Waals surface area contributed by atoms with Crippen LogP contribution in [0.3, 0.4) is 0 Å². The lowest BCUT2D eigenvalue weighted by molar-refractivity contribution is 0.724. The maximum absolute atomic E-state index is 6.19. The minimum atomic E-state index is 0.143. The standard InChI is InChI=1S/C17H21ClN2S/c1-12(19)8-14-9-15(18)2-5-17(14)20(16-3-4-16)10-13-6-7-21-11-13/h2,5-7,9,11-12,16H,3-4,8,10,19H2,1H3. The molecule has 1 fully saturated rings. The molecule has 0 saturated heterocycles. The summed E-state index contributed by atoms with van der Waals surface area (Å²) in [4.78, 5) is 2.52. The van der Waals surface area contributed by atoms with E-state index in [0.717, 1.165) is 18.0 Å². The van der Waals surface area contributed by atoms with Gasteiger partial charge < -0.3 is 10.6 Å². The van der Waals surface area contributed by atoms with E-state index >= 15 is 0 Å². The Kier molecular flexibility index (Phi) is 4.53. The first-order valence-electron chi connectivity index (χ1n) is 7.45. The molecule has 0 bridgehead atoms. The fourth-order valence-corrected chi connectivity index (χ4v) is 3.58. The van der Waals surface area contributed by atoms with Crippen LogP contribution in [0.15, 0.2) is 35.0 Å². The van der Waals surface area contributed by atoms with E-state index in [1.165, 1.54) is 29.7 Å². The monoisotopic (exact) mass is 320 g/mol. The first-order chi connectivity index (χ1) is 10.1. The van der Waals surface area contributed by atoms with E-state index in [0.29, 0.717) is 6.04 Å². The molecular formula is C17H21ClN2S. The fourth-order valence-electron chi connectivity index (χ4n) is 2.72. The Morgan fingerprint density at radius 1 is 1.38 bits per heavy atom. The van der Waals surface area contributed by atoms with Crippen molar-refractivity contribution in [3.63, 3.8) is 0 Å². The highest BCUT2D eigenvalue weighted by atomic mass is 35.5. The van der Waals surface area contributed by atoms with Crippen LogP contribution in [0.4, 0.5) is 5.69 Å². The summed E-state index contributed by atoms with van der Waals surface area (Å²) in [6, 6.07) is 9.24. The van der Waals surface area contributed by atoms with Gasteiger partial charge in [-0.25, -0.2) is 0 Å². The Morgan fingerprint density at radius 2 is 2.19 bits per heavy atom. The number of nitrogens with zero attached hydrogens (tertiary/aromatic N) is 1. The minimum absolute atomic E-state index is 0.143. The van der Waals surface area contributed by atoms with Gasteiger partial charge in [0, 0.05) is 29.3 Å². The number of benzene rings is 1. The molecule has 21 heavy (non-hydrogen) atoms. The molecule has 0 aliphatic heterocycles. The van der Waals surface area contributed by atoms with Gasteiger partial charge in [-0.15, -0.1) is 0 Å². The first kappa shape index (κ1) is 14.9. The predicted octanol–water partition coefficient (Wildman–Crippen LogP) is 4.46. The average molecular weight is 321 g/mol. The van der Waals surface area contributed by atoms with Gasteiger partial charge in [-0.1, -0.05) is 11.6 Å². The van der Waals surface area contributed by atoms with Gasteiger partial charge in [-0.3, -0.25) is 0 Å². The third-order valence-electron chi connectivity index (χ3n) is 3.81. The number of anilines is 1. The summed E-state index contributed by atoms with van der Waals surface area (Å²) < 4.78 is 0. The zero-order valence-corrected chi connectivity index (χ0v) is 13.8. The zero-order chi connectivity index (χ0) is 14.8. The van der Waals surface area contributed by atoms with Crippen molar-refractivity contribution < 1.29 is 0 Å². The van der Waals surface area contributed by atoms with Crippen LogP contribution in [0.25, 0.3) is 0 Å². The van der Waals surface area contributed by atoms with Crippen molar-refractivity contribution >= 4 is 28.6 Å². The Morgan fingerprint density at radius 3 is 2.81 bits per heavy atom. The zero-order valence-electron chi connectivity index (χ0n) is 12.3. The Hall–Kier alpha value is -1.03. The van der Waals surface area contributed by atoms with Crippen LogP contribution in [0.5, 0.6) is 0 Å². The molecule has 1 aromatic carbocycles. The highest BCUT2D eigenvalue weighted by Gasteiger charge is 2.30. The maximum Gasteiger partial charge on any atom is 0.0440 e. The molecule has 0 spiro atoms. The Balaban J connectivity index is 1.91. The summed E-state index contributed by atoms with van der Waals surface area (Å²) in [6.45, 7) is 3.02. The van der Waals surface area contributed by atoms with Crippen LogP contribution < -0.4 is 10.6 Å². The van der Waals surface area contributed by atoms with Crippen LogP contribution in [0, 0.1) is 0 Å². The second-order valence-corrected chi connectivity index (χ2v) is 7.16. The topological polar surface area (TPSA) is 29.3 Å². The van der Waals surface area contributed by atoms with Gasteiger partial charge in [0.05, 0.1) is 0 Å². The predicted molar refractivity (Wildman–Crippen MR) is 92.3 cm³/mol. The lowest BCUT2D eigenvalue weighted by atomic mass is 10.0. The molecule has 0 radical (unpaired) electrons. The van der Waals surface area contributed by atoms with Crippen LogP contribution in [-0.2, 0) is 13.0 Å². The second-order valence-electron chi connectivity index (χ2n) is 5.95. The smallest absolute Gasteiger partial charge is 0.0440 e. The highest BCUT2D eigenvalue weighted by Crippen LogP contribution is 2.36. The van der Waals surface area contributed by atoms with E-state index in [1.54, 1.807) is 11.3 Å². The maximum atomic E-state index is 6.19. The molecule has 1 aromatic heterocycles. The summed E-state index contributed by atoms with van der Waals surface area (Å²) in [6.07, 6.45) is 3.43. The van der Waals surface area contributed by atoms with Gasteiger partial charge in [0.25, 0.3) is 0 Å². The quantitative estimate of drug-likeness (QED) is 0.851. The molecule has 1 saturated carbocycles. The van der Waals surface area contributed by atoms with E-state index in [2.05, 4.69) is 33.9 Å². The molecule has 0 amide bonds. The number of nitrogens with two attached hydrogens (primary N) is 1.